The molecule has 40 heavy (non-hydrogen) atoms. The summed E-state index contributed by atoms with van der Waals surface area (Å²) in [6.07, 6.45) is 1.37. The molecule has 0 spiro atoms. The molecule has 5 rings (SSSR count). The van der Waals surface area contributed by atoms with Gasteiger partial charge in [0, 0.05) is 19.0 Å². The monoisotopic (exact) mass is 545 g/mol. The molecule has 0 saturated heterocycles. The number of nitrogens with one attached hydrogen (secondary N) is 1. The lowest BCUT2D eigenvalue weighted by Gasteiger charge is -2.32. The molecule has 208 valence electrons. The van der Waals surface area contributed by atoms with Crippen molar-refractivity contribution in [2.75, 3.05) is 13.7 Å². The lowest BCUT2D eigenvalue weighted by molar-refractivity contribution is -0.385. The number of benzene rings is 3. The van der Waals surface area contributed by atoms with E-state index in [0.29, 0.717) is 35.4 Å². The number of nitrogens with zero attached hydrogens (tertiary/aromatic N) is 2. The second kappa shape index (κ2) is 12.9. The molecule has 2 unspecified atom stereocenters. The molecule has 2 heterocycles. The van der Waals surface area contributed by atoms with Crippen LogP contribution < -0.4 is 10.1 Å². The first-order valence-electron chi connectivity index (χ1n) is 13.1. The van der Waals surface area contributed by atoms with Gasteiger partial charge in [0.05, 0.1) is 18.5 Å². The minimum absolute atomic E-state index is 0.0108. The average Bonchev–Trinajstić information content (AvgIpc) is 2.95. The predicted molar refractivity (Wildman–Crippen MR) is 147 cm³/mol. The summed E-state index contributed by atoms with van der Waals surface area (Å²) < 4.78 is 10.8. The topological polar surface area (TPSA) is 128 Å². The molecule has 2 aliphatic rings. The van der Waals surface area contributed by atoms with E-state index >= 15 is 0 Å². The number of unbranched alkanes of at least 4 members (excludes halogenated alkanes) is 1. The average molecular weight is 546 g/mol. The Morgan fingerprint density at radius 3 is 2.55 bits per heavy atom. The zero-order chi connectivity index (χ0) is 28.6. The lowest BCUT2D eigenvalue weighted by Crippen LogP contribution is -2.50. The van der Waals surface area contributed by atoms with Crippen LogP contribution in [0.1, 0.15) is 42.5 Å². The number of hydrogen-bond acceptors (Lipinski definition) is 7. The van der Waals surface area contributed by atoms with E-state index in [4.69, 9.17) is 9.47 Å². The molecule has 0 aromatic heterocycles. The minimum Gasteiger partial charge on any atom is -0.467 e. The van der Waals surface area contributed by atoms with Crippen molar-refractivity contribution in [1.82, 2.24) is 10.2 Å². The highest BCUT2D eigenvalue weighted by atomic mass is 16.6. The standard InChI is InChI=1S/C30H31N3O7/c1-3-4-15-32-27(34)19-20-9-8-12-23(16-20)40-26-14-13-21(18-25(26)33(37)38)17-24(30(36)39-2)31-29(35)28(32)22-10-6-5-7-11-22/h5-14,16,18,24,28H,3-4,15,17,19H2,1-2H3,(H,31,35). The van der Waals surface area contributed by atoms with Crippen LogP contribution >= 0.6 is 0 Å². The quantitative estimate of drug-likeness (QED) is 0.274. The number of nitro groups is 1. The summed E-state index contributed by atoms with van der Waals surface area (Å²) in [4.78, 5) is 53.3. The number of fused-ring (bicyclic) bond motifs is 9. The normalized spacial score (nSPS) is 17.6. The van der Waals surface area contributed by atoms with Crippen LogP contribution in [-0.2, 0) is 32.0 Å². The Kier molecular flexibility index (Phi) is 9.11. The van der Waals surface area contributed by atoms with Crippen LogP contribution in [0.15, 0.2) is 72.8 Å². The third-order valence-corrected chi connectivity index (χ3v) is 6.69. The molecule has 0 radical (unpaired) electrons. The first kappa shape index (κ1) is 28.3. The van der Waals surface area contributed by atoms with Crippen LogP contribution in [0.25, 0.3) is 0 Å². The van der Waals surface area contributed by atoms with Crippen LogP contribution in [0.4, 0.5) is 5.69 Å². The molecule has 0 fully saturated rings. The van der Waals surface area contributed by atoms with E-state index in [1.807, 2.05) is 13.0 Å². The van der Waals surface area contributed by atoms with E-state index in [0.717, 1.165) is 6.42 Å². The molecule has 2 amide bonds. The van der Waals surface area contributed by atoms with Crippen molar-refractivity contribution in [3.05, 3.63) is 99.6 Å². The number of amides is 2. The third kappa shape index (κ3) is 6.63. The van der Waals surface area contributed by atoms with Gasteiger partial charge in [0.15, 0.2) is 0 Å². The van der Waals surface area contributed by atoms with Crippen LogP contribution in [-0.4, -0.2) is 47.3 Å². The molecule has 0 saturated carbocycles. The number of esters is 1. The minimum atomic E-state index is -1.15. The van der Waals surface area contributed by atoms with Gasteiger partial charge in [0.2, 0.25) is 17.6 Å². The Morgan fingerprint density at radius 1 is 1.07 bits per heavy atom. The van der Waals surface area contributed by atoms with Crippen LogP contribution in [0, 0.1) is 10.1 Å². The molecule has 0 aliphatic carbocycles. The largest absolute Gasteiger partial charge is 0.467 e. The van der Waals surface area contributed by atoms with Gasteiger partial charge in [-0.05, 0) is 41.3 Å². The maximum atomic E-state index is 13.9. The van der Waals surface area contributed by atoms with Gasteiger partial charge in [0.25, 0.3) is 0 Å². The number of hydrogen-bond donors (Lipinski definition) is 1. The van der Waals surface area contributed by atoms with Gasteiger partial charge in [-0.15, -0.1) is 0 Å². The summed E-state index contributed by atoms with van der Waals surface area (Å²) >= 11 is 0. The van der Waals surface area contributed by atoms with Crippen molar-refractivity contribution in [1.29, 1.82) is 0 Å². The van der Waals surface area contributed by atoms with Gasteiger partial charge in [0.1, 0.15) is 17.8 Å². The molecule has 2 aliphatic heterocycles. The highest BCUT2D eigenvalue weighted by molar-refractivity contribution is 5.92. The summed E-state index contributed by atoms with van der Waals surface area (Å²) in [5.74, 6) is -1.22. The van der Waals surface area contributed by atoms with Gasteiger partial charge in [-0.2, -0.15) is 0 Å². The van der Waals surface area contributed by atoms with Crippen molar-refractivity contribution >= 4 is 23.5 Å². The second-order valence-electron chi connectivity index (χ2n) is 9.53. The molecule has 1 N–H and O–H groups in total. The van der Waals surface area contributed by atoms with E-state index < -0.39 is 28.9 Å². The second-order valence-corrected chi connectivity index (χ2v) is 9.53. The van der Waals surface area contributed by atoms with Crippen molar-refractivity contribution < 1.29 is 28.8 Å². The molecule has 4 bridgehead atoms. The van der Waals surface area contributed by atoms with Crippen LogP contribution in [0.3, 0.4) is 0 Å². The molecule has 3 aromatic carbocycles. The zero-order valence-electron chi connectivity index (χ0n) is 22.4. The highest BCUT2D eigenvalue weighted by Crippen LogP contribution is 2.33. The fraction of sp³-hybridized carbons (Fsp3) is 0.300. The molecule has 10 nitrogen and oxygen atoms in total. The van der Waals surface area contributed by atoms with E-state index in [1.165, 1.54) is 19.2 Å². The van der Waals surface area contributed by atoms with Gasteiger partial charge in [-0.1, -0.05) is 61.9 Å². The first-order chi connectivity index (χ1) is 19.3. The summed E-state index contributed by atoms with van der Waals surface area (Å²) in [6.45, 7) is 2.32. The van der Waals surface area contributed by atoms with Crippen molar-refractivity contribution in [2.24, 2.45) is 0 Å². The smallest absolute Gasteiger partial charge is 0.328 e. The fourth-order valence-corrected chi connectivity index (χ4v) is 4.70. The van der Waals surface area contributed by atoms with Crippen molar-refractivity contribution in [3.8, 4) is 11.5 Å². The van der Waals surface area contributed by atoms with E-state index in [-0.39, 0.29) is 30.2 Å². The summed E-state index contributed by atoms with van der Waals surface area (Å²) in [5, 5.41) is 14.6. The number of carbonyl (C=O) groups is 3. The highest BCUT2D eigenvalue weighted by Gasteiger charge is 2.34. The Bertz CT molecular complexity index is 1390. The van der Waals surface area contributed by atoms with Crippen molar-refractivity contribution in [2.45, 2.75) is 44.7 Å². The SMILES string of the molecule is CCCCN1C(=O)Cc2cccc(c2)Oc2ccc(cc2[N+](=O)[O-])CC(C(=O)OC)NC(=O)C1c1ccccc1. The van der Waals surface area contributed by atoms with E-state index in [1.54, 1.807) is 59.5 Å². The van der Waals surface area contributed by atoms with Gasteiger partial charge < -0.3 is 19.7 Å². The number of nitro benzene ring substituents is 1. The van der Waals surface area contributed by atoms with Gasteiger partial charge in [-0.25, -0.2) is 4.79 Å². The first-order valence-corrected chi connectivity index (χ1v) is 13.1. The van der Waals surface area contributed by atoms with Crippen LogP contribution in [0.2, 0.25) is 0 Å². The fourth-order valence-electron chi connectivity index (χ4n) is 4.70. The van der Waals surface area contributed by atoms with Crippen molar-refractivity contribution in [3.63, 3.8) is 0 Å². The van der Waals surface area contributed by atoms with E-state index in [9.17, 15) is 24.5 Å². The van der Waals surface area contributed by atoms with Crippen LogP contribution in [0.5, 0.6) is 11.5 Å². The molecular formula is C30H31N3O7. The predicted octanol–water partition coefficient (Wildman–Crippen LogP) is 4.51. The molecule has 3 aromatic rings. The lowest BCUT2D eigenvalue weighted by atomic mass is 10.00. The Morgan fingerprint density at radius 2 is 1.85 bits per heavy atom. The molecule has 10 heteroatoms. The van der Waals surface area contributed by atoms with E-state index in [2.05, 4.69) is 5.32 Å². The number of ether oxygens (including phenoxy) is 2. The number of rotatable bonds is 6. The maximum Gasteiger partial charge on any atom is 0.328 e. The van der Waals surface area contributed by atoms with Gasteiger partial charge in [-0.3, -0.25) is 19.7 Å². The summed E-state index contributed by atoms with van der Waals surface area (Å²) in [6, 6.07) is 17.9. The molecular weight excluding hydrogens is 514 g/mol. The van der Waals surface area contributed by atoms with Gasteiger partial charge >= 0.3 is 11.7 Å². The number of methoxy groups -OCH3 is 1. The summed E-state index contributed by atoms with van der Waals surface area (Å²) in [5.41, 5.74) is 1.33. The number of carbonyl (C=O) groups excluding carboxylic acids is 3. The zero-order valence-corrected chi connectivity index (χ0v) is 22.4. The third-order valence-electron chi connectivity index (χ3n) is 6.69. The Labute approximate surface area is 232 Å². The Hall–Kier alpha value is -4.73. The summed E-state index contributed by atoms with van der Waals surface area (Å²) in [7, 11) is 1.20. The Balaban J connectivity index is 1.86. The molecule has 2 atom stereocenters. The maximum absolute atomic E-state index is 13.9.